The summed E-state index contributed by atoms with van der Waals surface area (Å²) in [6.07, 6.45) is 2.24. The molecule has 1 saturated carbocycles. The molecule has 24 heavy (non-hydrogen) atoms. The van der Waals surface area contributed by atoms with E-state index in [4.69, 9.17) is 9.26 Å². The maximum atomic E-state index is 12.3. The Hall–Kier alpha value is -2.34. The molecule has 0 spiro atoms. The SMILES string of the molecule is COc1ccccc1[C@@H](CNC(=O)c1cc(C2CC2)on1)N(C)C. The minimum Gasteiger partial charge on any atom is -0.496 e. The van der Waals surface area contributed by atoms with Gasteiger partial charge in [-0.2, -0.15) is 0 Å². The summed E-state index contributed by atoms with van der Waals surface area (Å²) in [6.45, 7) is 0.456. The number of carbonyl (C=O) groups excluding carboxylic acids is 1. The van der Waals surface area contributed by atoms with Gasteiger partial charge in [0.1, 0.15) is 11.5 Å². The topological polar surface area (TPSA) is 67.6 Å². The summed E-state index contributed by atoms with van der Waals surface area (Å²) >= 11 is 0. The van der Waals surface area contributed by atoms with Gasteiger partial charge in [0, 0.05) is 24.1 Å². The maximum Gasteiger partial charge on any atom is 0.273 e. The molecule has 3 rings (SSSR count). The van der Waals surface area contributed by atoms with E-state index in [1.807, 2.05) is 38.4 Å². The first-order valence-corrected chi connectivity index (χ1v) is 8.14. The number of ether oxygens (including phenoxy) is 1. The molecule has 128 valence electrons. The minimum absolute atomic E-state index is 0.0000893. The van der Waals surface area contributed by atoms with Gasteiger partial charge < -0.3 is 19.5 Å². The van der Waals surface area contributed by atoms with Crippen molar-refractivity contribution < 1.29 is 14.1 Å². The predicted molar refractivity (Wildman–Crippen MR) is 90.2 cm³/mol. The van der Waals surface area contributed by atoms with Crippen molar-refractivity contribution in [2.45, 2.75) is 24.8 Å². The van der Waals surface area contributed by atoms with E-state index in [0.29, 0.717) is 18.2 Å². The summed E-state index contributed by atoms with van der Waals surface area (Å²) in [5, 5.41) is 6.83. The molecule has 6 heteroatoms. The number of para-hydroxylation sites is 1. The van der Waals surface area contributed by atoms with E-state index in [2.05, 4.69) is 15.4 Å². The Morgan fingerprint density at radius 2 is 2.17 bits per heavy atom. The Balaban J connectivity index is 1.68. The molecule has 0 bridgehead atoms. The Morgan fingerprint density at radius 1 is 1.42 bits per heavy atom. The van der Waals surface area contributed by atoms with Crippen molar-refractivity contribution in [1.82, 2.24) is 15.4 Å². The van der Waals surface area contributed by atoms with Gasteiger partial charge in [-0.15, -0.1) is 0 Å². The highest BCUT2D eigenvalue weighted by Crippen LogP contribution is 2.40. The van der Waals surface area contributed by atoms with Crippen molar-refractivity contribution in [3.05, 3.63) is 47.3 Å². The zero-order chi connectivity index (χ0) is 17.1. The second-order valence-electron chi connectivity index (χ2n) is 6.32. The van der Waals surface area contributed by atoms with Gasteiger partial charge in [0.15, 0.2) is 5.69 Å². The second kappa shape index (κ2) is 7.05. The lowest BCUT2D eigenvalue weighted by Crippen LogP contribution is -2.34. The Kier molecular flexibility index (Phi) is 4.85. The molecule has 1 aromatic heterocycles. The largest absolute Gasteiger partial charge is 0.496 e. The van der Waals surface area contributed by atoms with Crippen molar-refractivity contribution >= 4 is 5.91 Å². The summed E-state index contributed by atoms with van der Waals surface area (Å²) < 4.78 is 10.7. The first kappa shape index (κ1) is 16.5. The molecule has 0 unspecified atom stereocenters. The van der Waals surface area contributed by atoms with Crippen LogP contribution in [0.4, 0.5) is 0 Å². The normalized spacial score (nSPS) is 15.3. The number of amides is 1. The highest BCUT2D eigenvalue weighted by molar-refractivity contribution is 5.92. The lowest BCUT2D eigenvalue weighted by Gasteiger charge is -2.26. The van der Waals surface area contributed by atoms with Gasteiger partial charge in [-0.05, 0) is 33.0 Å². The van der Waals surface area contributed by atoms with E-state index in [-0.39, 0.29) is 11.9 Å². The zero-order valence-corrected chi connectivity index (χ0v) is 14.3. The molecular weight excluding hydrogens is 306 g/mol. The third kappa shape index (κ3) is 3.59. The highest BCUT2D eigenvalue weighted by atomic mass is 16.5. The van der Waals surface area contributed by atoms with Crippen LogP contribution in [-0.2, 0) is 0 Å². The number of benzene rings is 1. The molecule has 1 aromatic carbocycles. The molecule has 1 aliphatic rings. The number of carbonyl (C=O) groups is 1. The molecule has 1 amide bonds. The van der Waals surface area contributed by atoms with Crippen molar-refractivity contribution in [2.75, 3.05) is 27.7 Å². The van der Waals surface area contributed by atoms with Gasteiger partial charge in [0.2, 0.25) is 0 Å². The van der Waals surface area contributed by atoms with E-state index < -0.39 is 0 Å². The van der Waals surface area contributed by atoms with E-state index in [0.717, 1.165) is 29.9 Å². The smallest absolute Gasteiger partial charge is 0.273 e. The lowest BCUT2D eigenvalue weighted by atomic mass is 10.0. The van der Waals surface area contributed by atoms with Gasteiger partial charge in [-0.25, -0.2) is 0 Å². The summed E-state index contributed by atoms with van der Waals surface area (Å²) in [7, 11) is 5.61. The van der Waals surface area contributed by atoms with Crippen molar-refractivity contribution in [1.29, 1.82) is 0 Å². The molecule has 0 radical (unpaired) electrons. The molecular formula is C18H23N3O3. The lowest BCUT2D eigenvalue weighted by molar-refractivity contribution is 0.0932. The molecule has 1 heterocycles. The predicted octanol–water partition coefficient (Wildman–Crippen LogP) is 2.59. The fourth-order valence-corrected chi connectivity index (χ4v) is 2.75. The number of rotatable bonds is 7. The maximum absolute atomic E-state index is 12.3. The van der Waals surface area contributed by atoms with Crippen LogP contribution in [0.3, 0.4) is 0 Å². The van der Waals surface area contributed by atoms with E-state index in [9.17, 15) is 4.79 Å². The summed E-state index contributed by atoms with van der Waals surface area (Å²) in [6, 6.07) is 9.59. The van der Waals surface area contributed by atoms with Gasteiger partial charge >= 0.3 is 0 Å². The number of hydrogen-bond acceptors (Lipinski definition) is 5. The monoisotopic (exact) mass is 329 g/mol. The van der Waals surface area contributed by atoms with Crippen LogP contribution in [0, 0.1) is 0 Å². The van der Waals surface area contributed by atoms with Crippen LogP contribution in [0.2, 0.25) is 0 Å². The highest BCUT2D eigenvalue weighted by Gasteiger charge is 2.29. The van der Waals surface area contributed by atoms with Crippen LogP contribution in [0.1, 0.15) is 46.6 Å². The second-order valence-corrected chi connectivity index (χ2v) is 6.32. The number of hydrogen-bond donors (Lipinski definition) is 1. The quantitative estimate of drug-likeness (QED) is 0.846. The summed E-state index contributed by atoms with van der Waals surface area (Å²) in [5.74, 6) is 1.85. The summed E-state index contributed by atoms with van der Waals surface area (Å²) in [5.41, 5.74) is 1.37. The molecule has 1 fully saturated rings. The Morgan fingerprint density at radius 3 is 2.83 bits per heavy atom. The zero-order valence-electron chi connectivity index (χ0n) is 14.3. The fourth-order valence-electron chi connectivity index (χ4n) is 2.75. The molecule has 0 aliphatic heterocycles. The Labute approximate surface area is 141 Å². The molecule has 1 atom stereocenters. The van der Waals surface area contributed by atoms with Gasteiger partial charge in [-0.3, -0.25) is 4.79 Å². The summed E-state index contributed by atoms with van der Waals surface area (Å²) in [4.78, 5) is 14.4. The number of methoxy groups -OCH3 is 1. The van der Waals surface area contributed by atoms with Gasteiger partial charge in [0.05, 0.1) is 13.2 Å². The fraction of sp³-hybridized carbons (Fsp3) is 0.444. The van der Waals surface area contributed by atoms with Crippen LogP contribution in [0.25, 0.3) is 0 Å². The van der Waals surface area contributed by atoms with E-state index >= 15 is 0 Å². The molecule has 2 aromatic rings. The van der Waals surface area contributed by atoms with E-state index in [1.165, 1.54) is 0 Å². The average Bonchev–Trinajstić information content (AvgIpc) is 3.32. The van der Waals surface area contributed by atoms with Crippen LogP contribution in [0.15, 0.2) is 34.9 Å². The van der Waals surface area contributed by atoms with Gasteiger partial charge in [-0.1, -0.05) is 23.4 Å². The molecule has 6 nitrogen and oxygen atoms in total. The standard InChI is InChI=1S/C18H23N3O3/c1-21(2)15(13-6-4-5-7-16(13)23-3)11-19-18(22)14-10-17(24-20-14)12-8-9-12/h4-7,10,12,15H,8-9,11H2,1-3H3,(H,19,22)/t15-/m1/s1. The van der Waals surface area contributed by atoms with Crippen LogP contribution in [-0.4, -0.2) is 43.7 Å². The molecule has 0 saturated heterocycles. The first-order chi connectivity index (χ1) is 11.6. The number of aromatic nitrogens is 1. The third-order valence-corrected chi connectivity index (χ3v) is 4.32. The van der Waals surface area contributed by atoms with Crippen LogP contribution < -0.4 is 10.1 Å². The van der Waals surface area contributed by atoms with Crippen molar-refractivity contribution in [2.24, 2.45) is 0 Å². The third-order valence-electron chi connectivity index (χ3n) is 4.32. The number of likely N-dealkylation sites (N-methyl/N-ethyl adjacent to an activating group) is 1. The van der Waals surface area contributed by atoms with E-state index in [1.54, 1.807) is 13.2 Å². The van der Waals surface area contributed by atoms with Crippen molar-refractivity contribution in [3.8, 4) is 5.75 Å². The number of nitrogens with zero attached hydrogens (tertiary/aromatic N) is 2. The van der Waals surface area contributed by atoms with Crippen LogP contribution >= 0.6 is 0 Å². The van der Waals surface area contributed by atoms with Crippen LogP contribution in [0.5, 0.6) is 5.75 Å². The van der Waals surface area contributed by atoms with Gasteiger partial charge in [0.25, 0.3) is 5.91 Å². The van der Waals surface area contributed by atoms with Crippen molar-refractivity contribution in [3.63, 3.8) is 0 Å². The Bertz CT molecular complexity index is 707. The molecule has 1 N–H and O–H groups in total. The molecule has 1 aliphatic carbocycles. The average molecular weight is 329 g/mol. The minimum atomic E-state index is -0.215. The number of nitrogens with one attached hydrogen (secondary N) is 1. The first-order valence-electron chi connectivity index (χ1n) is 8.14.